The number of hydrogen-bond acceptors (Lipinski definition) is 4. The predicted octanol–water partition coefficient (Wildman–Crippen LogP) is 0.886. The number of aryl methyl sites for hydroxylation is 1. The van der Waals surface area contributed by atoms with Crippen LogP contribution in [0, 0.1) is 0 Å². The van der Waals surface area contributed by atoms with Crippen molar-refractivity contribution in [3.8, 4) is 0 Å². The van der Waals surface area contributed by atoms with Crippen molar-refractivity contribution in [2.45, 2.75) is 31.7 Å². The fourth-order valence-electron chi connectivity index (χ4n) is 2.19. The molecule has 1 fully saturated rings. The maximum atomic E-state index is 12.0. The molecule has 0 unspecified atom stereocenters. The summed E-state index contributed by atoms with van der Waals surface area (Å²) in [5.74, 6) is 0.251. The summed E-state index contributed by atoms with van der Waals surface area (Å²) in [6.45, 7) is 1.41. The number of imidazole rings is 1. The van der Waals surface area contributed by atoms with E-state index in [0.29, 0.717) is 23.8 Å². The number of carbonyl (C=O) groups excluding carboxylic acids is 1. The van der Waals surface area contributed by atoms with E-state index in [4.69, 9.17) is 5.73 Å². The average molecular weight is 274 g/mol. The molecule has 1 saturated carbocycles. The van der Waals surface area contributed by atoms with E-state index < -0.39 is 0 Å². The van der Waals surface area contributed by atoms with E-state index in [-0.39, 0.29) is 5.91 Å². The van der Waals surface area contributed by atoms with Crippen LogP contribution in [0.3, 0.4) is 0 Å². The third-order valence-electron chi connectivity index (χ3n) is 3.47. The fourth-order valence-corrected chi connectivity index (χ4v) is 2.19. The molecule has 1 aliphatic rings. The second kappa shape index (κ2) is 5.36. The topological polar surface area (TPSA) is 102 Å². The van der Waals surface area contributed by atoms with Gasteiger partial charge in [0, 0.05) is 31.4 Å². The summed E-state index contributed by atoms with van der Waals surface area (Å²) in [6.07, 6.45) is 8.48. The Morgan fingerprint density at radius 1 is 1.55 bits per heavy atom. The number of amides is 1. The van der Waals surface area contributed by atoms with Crippen LogP contribution in [-0.2, 0) is 6.54 Å². The van der Waals surface area contributed by atoms with E-state index in [0.717, 1.165) is 31.5 Å². The molecule has 7 heteroatoms. The van der Waals surface area contributed by atoms with Crippen molar-refractivity contribution < 1.29 is 4.79 Å². The van der Waals surface area contributed by atoms with Crippen LogP contribution >= 0.6 is 0 Å². The molecular formula is C13H18N6O. The standard InChI is InChI=1S/C13H18N6O/c14-10-11(9-2-3-9)17-18-12(10)13(20)16-4-1-6-19-7-5-15-8-19/h5,7-9H,1-4,6,14H2,(H,16,20)(H,17,18). The van der Waals surface area contributed by atoms with Crippen LogP contribution in [0.25, 0.3) is 0 Å². The molecule has 0 aromatic carbocycles. The molecule has 4 N–H and O–H groups in total. The first kappa shape index (κ1) is 12.7. The van der Waals surface area contributed by atoms with Gasteiger partial charge in [0.2, 0.25) is 0 Å². The molecule has 106 valence electrons. The van der Waals surface area contributed by atoms with Crippen LogP contribution in [-0.4, -0.2) is 32.2 Å². The second-order valence-electron chi connectivity index (χ2n) is 5.08. The minimum Gasteiger partial charge on any atom is -0.395 e. The molecule has 20 heavy (non-hydrogen) atoms. The molecule has 0 bridgehead atoms. The number of rotatable bonds is 6. The van der Waals surface area contributed by atoms with Crippen molar-refractivity contribution in [1.29, 1.82) is 0 Å². The zero-order valence-electron chi connectivity index (χ0n) is 11.2. The summed E-state index contributed by atoms with van der Waals surface area (Å²) < 4.78 is 1.97. The number of anilines is 1. The van der Waals surface area contributed by atoms with Crippen LogP contribution in [0.2, 0.25) is 0 Å². The number of H-pyrrole nitrogens is 1. The fraction of sp³-hybridized carbons (Fsp3) is 0.462. The molecule has 7 nitrogen and oxygen atoms in total. The van der Waals surface area contributed by atoms with E-state index in [1.54, 1.807) is 12.5 Å². The zero-order chi connectivity index (χ0) is 13.9. The highest BCUT2D eigenvalue weighted by molar-refractivity contribution is 5.97. The molecule has 0 saturated heterocycles. The molecule has 3 rings (SSSR count). The highest BCUT2D eigenvalue weighted by atomic mass is 16.1. The normalized spacial score (nSPS) is 14.4. The van der Waals surface area contributed by atoms with Crippen molar-refractivity contribution in [3.63, 3.8) is 0 Å². The highest BCUT2D eigenvalue weighted by Gasteiger charge is 2.30. The van der Waals surface area contributed by atoms with Gasteiger partial charge in [-0.15, -0.1) is 0 Å². The summed E-state index contributed by atoms with van der Waals surface area (Å²) in [5, 5.41) is 9.75. The minimum atomic E-state index is -0.212. The Labute approximate surface area is 116 Å². The Balaban J connectivity index is 1.49. The van der Waals surface area contributed by atoms with E-state index >= 15 is 0 Å². The summed E-state index contributed by atoms with van der Waals surface area (Å²) in [4.78, 5) is 16.0. The van der Waals surface area contributed by atoms with Crippen LogP contribution in [0.4, 0.5) is 5.69 Å². The number of nitrogen functional groups attached to an aromatic ring is 1. The molecule has 0 radical (unpaired) electrons. The number of aromatic amines is 1. The molecule has 2 aromatic heterocycles. The van der Waals surface area contributed by atoms with Gasteiger partial charge in [-0.25, -0.2) is 4.98 Å². The Bertz CT molecular complexity index is 584. The highest BCUT2D eigenvalue weighted by Crippen LogP contribution is 2.42. The van der Waals surface area contributed by atoms with Gasteiger partial charge in [-0.2, -0.15) is 5.10 Å². The first-order chi connectivity index (χ1) is 9.75. The Kier molecular flexibility index (Phi) is 3.41. The van der Waals surface area contributed by atoms with E-state index in [9.17, 15) is 4.79 Å². The number of aromatic nitrogens is 4. The maximum Gasteiger partial charge on any atom is 0.273 e. The van der Waals surface area contributed by atoms with Gasteiger partial charge < -0.3 is 15.6 Å². The van der Waals surface area contributed by atoms with Gasteiger partial charge in [0.25, 0.3) is 5.91 Å². The smallest absolute Gasteiger partial charge is 0.273 e. The van der Waals surface area contributed by atoms with Crippen molar-refractivity contribution in [2.24, 2.45) is 0 Å². The van der Waals surface area contributed by atoms with Gasteiger partial charge in [0.1, 0.15) is 0 Å². The number of nitrogens with zero attached hydrogens (tertiary/aromatic N) is 3. The van der Waals surface area contributed by atoms with Gasteiger partial charge in [-0.1, -0.05) is 0 Å². The maximum absolute atomic E-state index is 12.0. The zero-order valence-corrected chi connectivity index (χ0v) is 11.2. The van der Waals surface area contributed by atoms with E-state index in [1.807, 2.05) is 10.8 Å². The lowest BCUT2D eigenvalue weighted by Crippen LogP contribution is -2.26. The third-order valence-corrected chi connectivity index (χ3v) is 3.47. The quantitative estimate of drug-likeness (QED) is 0.681. The van der Waals surface area contributed by atoms with Gasteiger partial charge in [0.15, 0.2) is 5.69 Å². The number of nitrogens with one attached hydrogen (secondary N) is 2. The van der Waals surface area contributed by atoms with E-state index in [1.165, 1.54) is 0 Å². The largest absolute Gasteiger partial charge is 0.395 e. The molecule has 0 aliphatic heterocycles. The molecule has 2 aromatic rings. The van der Waals surface area contributed by atoms with Gasteiger partial charge >= 0.3 is 0 Å². The molecule has 1 aliphatic carbocycles. The number of nitrogens with two attached hydrogens (primary N) is 1. The molecule has 0 atom stereocenters. The van der Waals surface area contributed by atoms with Gasteiger partial charge in [-0.05, 0) is 19.3 Å². The minimum absolute atomic E-state index is 0.212. The second-order valence-corrected chi connectivity index (χ2v) is 5.08. The summed E-state index contributed by atoms with van der Waals surface area (Å²) in [7, 11) is 0. The van der Waals surface area contributed by atoms with Crippen LogP contribution < -0.4 is 11.1 Å². The Morgan fingerprint density at radius 2 is 2.40 bits per heavy atom. The molecule has 0 spiro atoms. The molecule has 1 amide bonds. The Morgan fingerprint density at radius 3 is 3.10 bits per heavy atom. The van der Waals surface area contributed by atoms with Crippen LogP contribution in [0.1, 0.15) is 41.4 Å². The lowest BCUT2D eigenvalue weighted by Gasteiger charge is -2.04. The Hall–Kier alpha value is -2.31. The number of hydrogen-bond donors (Lipinski definition) is 3. The van der Waals surface area contributed by atoms with Crippen molar-refractivity contribution in [2.75, 3.05) is 12.3 Å². The lowest BCUT2D eigenvalue weighted by atomic mass is 10.2. The van der Waals surface area contributed by atoms with Crippen molar-refractivity contribution in [1.82, 2.24) is 25.1 Å². The van der Waals surface area contributed by atoms with Crippen LogP contribution in [0.15, 0.2) is 18.7 Å². The average Bonchev–Trinajstić information content (AvgIpc) is 3.00. The molecule has 2 heterocycles. The SMILES string of the molecule is Nc1c(C(=O)NCCCn2ccnc2)n[nH]c1C1CC1. The van der Waals surface area contributed by atoms with Gasteiger partial charge in [0.05, 0.1) is 17.7 Å². The molecular weight excluding hydrogens is 256 g/mol. The van der Waals surface area contributed by atoms with E-state index in [2.05, 4.69) is 20.5 Å². The third kappa shape index (κ3) is 2.66. The summed E-state index contributed by atoms with van der Waals surface area (Å²) in [5.41, 5.74) is 7.68. The summed E-state index contributed by atoms with van der Waals surface area (Å²) in [6, 6.07) is 0. The van der Waals surface area contributed by atoms with Crippen molar-refractivity contribution in [3.05, 3.63) is 30.1 Å². The number of carbonyl (C=O) groups is 1. The first-order valence-corrected chi connectivity index (χ1v) is 6.83. The first-order valence-electron chi connectivity index (χ1n) is 6.83. The predicted molar refractivity (Wildman–Crippen MR) is 74.2 cm³/mol. The summed E-state index contributed by atoms with van der Waals surface area (Å²) >= 11 is 0. The van der Waals surface area contributed by atoms with Crippen molar-refractivity contribution >= 4 is 11.6 Å². The van der Waals surface area contributed by atoms with Crippen LogP contribution in [0.5, 0.6) is 0 Å². The lowest BCUT2D eigenvalue weighted by molar-refractivity contribution is 0.0948. The monoisotopic (exact) mass is 274 g/mol. The van der Waals surface area contributed by atoms with Gasteiger partial charge in [-0.3, -0.25) is 9.89 Å².